The first-order chi connectivity index (χ1) is 8.67. The van der Waals surface area contributed by atoms with Crippen LogP contribution in [0.25, 0.3) is 0 Å². The summed E-state index contributed by atoms with van der Waals surface area (Å²) in [5, 5.41) is 9.61. The van der Waals surface area contributed by atoms with Crippen molar-refractivity contribution >= 4 is 29.3 Å². The molecule has 0 spiro atoms. The van der Waals surface area contributed by atoms with Gasteiger partial charge in [-0.15, -0.1) is 11.8 Å². The Bertz CT molecular complexity index is 364. The SMILES string of the molecule is CCCN(CCO)C(=O)CSc1ccc(Cl)cc1. The van der Waals surface area contributed by atoms with Crippen LogP contribution in [0.3, 0.4) is 0 Å². The highest BCUT2D eigenvalue weighted by Crippen LogP contribution is 2.20. The third kappa shape index (κ3) is 5.29. The number of carbonyl (C=O) groups excluding carboxylic acids is 1. The molecule has 0 unspecified atom stereocenters. The summed E-state index contributed by atoms with van der Waals surface area (Å²) in [6, 6.07) is 7.42. The molecule has 0 aliphatic rings. The van der Waals surface area contributed by atoms with Crippen LogP contribution in [0, 0.1) is 0 Å². The molecule has 0 saturated carbocycles. The van der Waals surface area contributed by atoms with Gasteiger partial charge in [-0.1, -0.05) is 18.5 Å². The Labute approximate surface area is 117 Å². The zero-order valence-corrected chi connectivity index (χ0v) is 12.0. The van der Waals surface area contributed by atoms with Gasteiger partial charge in [0.2, 0.25) is 5.91 Å². The summed E-state index contributed by atoms with van der Waals surface area (Å²) >= 11 is 7.28. The number of amides is 1. The topological polar surface area (TPSA) is 40.5 Å². The summed E-state index contributed by atoms with van der Waals surface area (Å²) in [5.41, 5.74) is 0. The number of thioether (sulfide) groups is 1. The lowest BCUT2D eigenvalue weighted by molar-refractivity contribution is -0.128. The minimum atomic E-state index is 0.0113. The van der Waals surface area contributed by atoms with Crippen molar-refractivity contribution in [1.29, 1.82) is 0 Å². The zero-order valence-electron chi connectivity index (χ0n) is 10.4. The normalized spacial score (nSPS) is 10.4. The highest BCUT2D eigenvalue weighted by atomic mass is 35.5. The van der Waals surface area contributed by atoms with Crippen LogP contribution in [0.15, 0.2) is 29.2 Å². The number of hydrogen-bond donors (Lipinski definition) is 1. The van der Waals surface area contributed by atoms with E-state index in [1.54, 1.807) is 4.90 Å². The number of nitrogens with zero attached hydrogens (tertiary/aromatic N) is 1. The number of aliphatic hydroxyl groups is 1. The van der Waals surface area contributed by atoms with Crippen LogP contribution in [0.2, 0.25) is 5.02 Å². The first kappa shape index (κ1) is 15.3. The molecule has 1 aromatic rings. The van der Waals surface area contributed by atoms with Crippen molar-refractivity contribution in [3.05, 3.63) is 29.3 Å². The van der Waals surface area contributed by atoms with Gasteiger partial charge in [-0.3, -0.25) is 4.79 Å². The van der Waals surface area contributed by atoms with Crippen molar-refractivity contribution in [3.63, 3.8) is 0 Å². The van der Waals surface area contributed by atoms with Crippen LogP contribution in [0.4, 0.5) is 0 Å². The molecule has 3 nitrogen and oxygen atoms in total. The Kier molecular flexibility index (Phi) is 7.16. The summed E-state index contributed by atoms with van der Waals surface area (Å²) in [4.78, 5) is 14.7. The van der Waals surface area contributed by atoms with Crippen LogP contribution in [-0.4, -0.2) is 41.4 Å². The first-order valence-electron chi connectivity index (χ1n) is 5.94. The fraction of sp³-hybridized carbons (Fsp3) is 0.462. The Balaban J connectivity index is 2.45. The van der Waals surface area contributed by atoms with Crippen molar-refractivity contribution in [2.75, 3.05) is 25.4 Å². The molecule has 1 rings (SSSR count). The van der Waals surface area contributed by atoms with E-state index in [0.717, 1.165) is 11.3 Å². The van der Waals surface area contributed by atoms with Gasteiger partial charge in [0.1, 0.15) is 0 Å². The lowest BCUT2D eigenvalue weighted by Gasteiger charge is -2.20. The standard InChI is InChI=1S/C13H18ClNO2S/c1-2-7-15(8-9-16)13(17)10-18-12-5-3-11(14)4-6-12/h3-6,16H,2,7-10H2,1H3. The number of benzene rings is 1. The van der Waals surface area contributed by atoms with Crippen LogP contribution in [-0.2, 0) is 4.79 Å². The van der Waals surface area contributed by atoms with Crippen molar-refractivity contribution < 1.29 is 9.90 Å². The number of hydrogen-bond acceptors (Lipinski definition) is 3. The van der Waals surface area contributed by atoms with Gasteiger partial charge in [-0.2, -0.15) is 0 Å². The maximum atomic E-state index is 11.9. The Morgan fingerprint density at radius 3 is 2.56 bits per heavy atom. The zero-order chi connectivity index (χ0) is 13.4. The molecule has 0 aliphatic heterocycles. The van der Waals surface area contributed by atoms with Crippen LogP contribution in [0.5, 0.6) is 0 Å². The Hall–Kier alpha value is -0.710. The van der Waals surface area contributed by atoms with E-state index < -0.39 is 0 Å². The number of rotatable bonds is 7. The van der Waals surface area contributed by atoms with E-state index in [4.69, 9.17) is 16.7 Å². The smallest absolute Gasteiger partial charge is 0.233 e. The van der Waals surface area contributed by atoms with Gasteiger partial charge >= 0.3 is 0 Å². The summed E-state index contributed by atoms with van der Waals surface area (Å²) in [5.74, 6) is 0.451. The molecule has 0 saturated heterocycles. The molecule has 0 aromatic heterocycles. The largest absolute Gasteiger partial charge is 0.395 e. The Morgan fingerprint density at radius 2 is 2.00 bits per heavy atom. The summed E-state index contributed by atoms with van der Waals surface area (Å²) < 4.78 is 0. The third-order valence-electron chi connectivity index (χ3n) is 2.39. The number of aliphatic hydroxyl groups excluding tert-OH is 1. The van der Waals surface area contributed by atoms with Crippen molar-refractivity contribution in [2.45, 2.75) is 18.2 Å². The lowest BCUT2D eigenvalue weighted by atomic mass is 10.4. The molecule has 1 amide bonds. The molecule has 0 bridgehead atoms. The van der Waals surface area contributed by atoms with Gasteiger partial charge in [0.05, 0.1) is 12.4 Å². The highest BCUT2D eigenvalue weighted by molar-refractivity contribution is 8.00. The third-order valence-corrected chi connectivity index (χ3v) is 3.64. The fourth-order valence-electron chi connectivity index (χ4n) is 1.52. The average Bonchev–Trinajstić information content (AvgIpc) is 2.37. The summed E-state index contributed by atoms with van der Waals surface area (Å²) in [6.45, 7) is 3.13. The quantitative estimate of drug-likeness (QED) is 0.784. The second-order valence-corrected chi connectivity index (χ2v) is 5.33. The van der Waals surface area contributed by atoms with E-state index in [2.05, 4.69) is 0 Å². The molecule has 0 aliphatic carbocycles. The molecule has 5 heteroatoms. The lowest BCUT2D eigenvalue weighted by Crippen LogP contribution is -2.35. The van der Waals surface area contributed by atoms with E-state index in [-0.39, 0.29) is 12.5 Å². The number of carbonyl (C=O) groups is 1. The summed E-state index contributed by atoms with van der Waals surface area (Å²) in [6.07, 6.45) is 0.900. The van der Waals surface area contributed by atoms with Crippen molar-refractivity contribution in [3.8, 4) is 0 Å². The Morgan fingerprint density at radius 1 is 1.33 bits per heavy atom. The average molecular weight is 288 g/mol. The second-order valence-electron chi connectivity index (χ2n) is 3.85. The molecule has 100 valence electrons. The van der Waals surface area contributed by atoms with E-state index >= 15 is 0 Å². The molecule has 0 radical (unpaired) electrons. The molecule has 18 heavy (non-hydrogen) atoms. The predicted molar refractivity (Wildman–Crippen MR) is 76.1 cm³/mol. The first-order valence-corrected chi connectivity index (χ1v) is 7.30. The maximum Gasteiger partial charge on any atom is 0.233 e. The van der Waals surface area contributed by atoms with E-state index in [0.29, 0.717) is 23.9 Å². The molecular formula is C13H18ClNO2S. The second kappa shape index (κ2) is 8.40. The molecule has 0 heterocycles. The highest BCUT2D eigenvalue weighted by Gasteiger charge is 2.12. The predicted octanol–water partition coefficient (Wildman–Crippen LogP) is 2.66. The van der Waals surface area contributed by atoms with E-state index in [1.165, 1.54) is 11.8 Å². The van der Waals surface area contributed by atoms with Crippen LogP contribution < -0.4 is 0 Å². The monoisotopic (exact) mass is 287 g/mol. The van der Waals surface area contributed by atoms with E-state index in [9.17, 15) is 4.79 Å². The minimum Gasteiger partial charge on any atom is -0.395 e. The number of halogens is 1. The van der Waals surface area contributed by atoms with Gasteiger partial charge in [0.25, 0.3) is 0 Å². The van der Waals surface area contributed by atoms with Crippen LogP contribution >= 0.6 is 23.4 Å². The van der Waals surface area contributed by atoms with Gasteiger partial charge < -0.3 is 10.0 Å². The van der Waals surface area contributed by atoms with Gasteiger partial charge in [0, 0.05) is 23.0 Å². The minimum absolute atomic E-state index is 0.0113. The van der Waals surface area contributed by atoms with Gasteiger partial charge in [0.15, 0.2) is 0 Å². The van der Waals surface area contributed by atoms with Crippen molar-refractivity contribution in [2.24, 2.45) is 0 Å². The van der Waals surface area contributed by atoms with Crippen molar-refractivity contribution in [1.82, 2.24) is 4.90 Å². The van der Waals surface area contributed by atoms with Crippen LogP contribution in [0.1, 0.15) is 13.3 Å². The molecule has 1 aromatic carbocycles. The molecule has 1 N–H and O–H groups in total. The fourth-order valence-corrected chi connectivity index (χ4v) is 2.45. The molecule has 0 fully saturated rings. The van der Waals surface area contributed by atoms with Gasteiger partial charge in [-0.25, -0.2) is 0 Å². The summed E-state index contributed by atoms with van der Waals surface area (Å²) in [7, 11) is 0. The molecule has 0 atom stereocenters. The maximum absolute atomic E-state index is 11.9. The molecular weight excluding hydrogens is 270 g/mol. The van der Waals surface area contributed by atoms with E-state index in [1.807, 2.05) is 31.2 Å². The van der Waals surface area contributed by atoms with Gasteiger partial charge in [-0.05, 0) is 30.7 Å².